The van der Waals surface area contributed by atoms with Gasteiger partial charge >= 0.3 is 6.18 Å². The highest BCUT2D eigenvalue weighted by Gasteiger charge is 2.37. The smallest absolute Gasteiger partial charge is 0.408 e. The number of halogens is 6. The lowest BCUT2D eigenvalue weighted by molar-refractivity contribution is -0.138. The van der Waals surface area contributed by atoms with Crippen molar-refractivity contribution in [2.75, 3.05) is 32.1 Å². The molecule has 2 aromatic heterocycles. The normalized spacial score (nSPS) is 13.0. The maximum atomic E-state index is 15.0. The van der Waals surface area contributed by atoms with Gasteiger partial charge in [0.15, 0.2) is 0 Å². The Morgan fingerprint density at radius 2 is 1.88 bits per heavy atom. The Morgan fingerprint density at radius 1 is 1.21 bits per heavy atom. The first-order chi connectivity index (χ1) is 15.5. The van der Waals surface area contributed by atoms with E-state index in [1.165, 1.54) is 0 Å². The molecule has 2 heterocycles. The fraction of sp³-hybridized carbons (Fsp3) is 0.450. The first-order valence-corrected chi connectivity index (χ1v) is 10.4. The molecule has 0 saturated heterocycles. The third-order valence-electron chi connectivity index (χ3n) is 4.99. The summed E-state index contributed by atoms with van der Waals surface area (Å²) in [5.74, 6) is -2.76. The third kappa shape index (κ3) is 5.61. The van der Waals surface area contributed by atoms with Crippen LogP contribution in [0.15, 0.2) is 18.5 Å². The van der Waals surface area contributed by atoms with Gasteiger partial charge in [0, 0.05) is 18.7 Å². The summed E-state index contributed by atoms with van der Waals surface area (Å²) in [6, 6.07) is -0.196. The lowest BCUT2D eigenvalue weighted by atomic mass is 10.1. The van der Waals surface area contributed by atoms with Crippen LogP contribution in [-0.4, -0.2) is 63.4 Å². The molecule has 0 aliphatic carbocycles. The molecule has 0 aliphatic heterocycles. The Bertz CT molecular complexity index is 1100. The molecule has 0 aliphatic rings. The van der Waals surface area contributed by atoms with Gasteiger partial charge in [-0.3, -0.25) is 0 Å². The first kappa shape index (κ1) is 24.9. The highest BCUT2D eigenvalue weighted by molar-refractivity contribution is 6.33. The van der Waals surface area contributed by atoms with E-state index >= 15 is 8.78 Å². The molecular formula is C20H22ClF5N6O. The first-order valence-electron chi connectivity index (χ1n) is 10.1. The van der Waals surface area contributed by atoms with Gasteiger partial charge in [-0.05, 0) is 26.9 Å². The van der Waals surface area contributed by atoms with Crippen molar-refractivity contribution < 1.29 is 26.7 Å². The minimum Gasteiger partial charge on any atom is -0.493 e. The maximum Gasteiger partial charge on any atom is 0.408 e. The Morgan fingerprint density at radius 3 is 2.48 bits per heavy atom. The van der Waals surface area contributed by atoms with Crippen LogP contribution in [0.5, 0.6) is 5.75 Å². The van der Waals surface area contributed by atoms with Gasteiger partial charge in [0.05, 0.1) is 17.7 Å². The molecule has 3 rings (SSSR count). The zero-order valence-corrected chi connectivity index (χ0v) is 18.8. The molecular weight excluding hydrogens is 471 g/mol. The van der Waals surface area contributed by atoms with Gasteiger partial charge in [-0.15, -0.1) is 0 Å². The SMILES string of the molecule is CCN(C)CCCOc1cc(F)c(-c2c(Cl)nc3ncnn3c2N[C@@H](C)C(F)(F)F)c(F)c1. The molecule has 0 radical (unpaired) electrons. The minimum atomic E-state index is -4.65. The molecule has 1 aromatic carbocycles. The number of aromatic nitrogens is 4. The number of nitrogens with one attached hydrogen (secondary N) is 1. The molecule has 180 valence electrons. The standard InChI is InChI=1S/C20H22ClF5N6O/c1-4-31(3)6-5-7-33-12-8-13(22)15(14(23)9-12)16-17(21)30-19-27-10-28-32(19)18(16)29-11(2)20(24,25)26/h8-11,29H,4-7H2,1-3H3/t11-/m0/s1. The molecule has 33 heavy (non-hydrogen) atoms. The van der Waals surface area contributed by atoms with Crippen molar-refractivity contribution in [1.29, 1.82) is 0 Å². The van der Waals surface area contributed by atoms with Crippen molar-refractivity contribution in [3.63, 3.8) is 0 Å². The highest BCUT2D eigenvalue weighted by atomic mass is 35.5. The molecule has 0 amide bonds. The van der Waals surface area contributed by atoms with Crippen LogP contribution >= 0.6 is 11.6 Å². The van der Waals surface area contributed by atoms with Gasteiger partial charge in [-0.2, -0.15) is 32.8 Å². The molecule has 0 bridgehead atoms. The van der Waals surface area contributed by atoms with Crippen molar-refractivity contribution in [3.05, 3.63) is 35.2 Å². The van der Waals surface area contributed by atoms with Gasteiger partial charge in [-0.1, -0.05) is 18.5 Å². The quantitative estimate of drug-likeness (QED) is 0.263. The van der Waals surface area contributed by atoms with E-state index < -0.39 is 46.0 Å². The van der Waals surface area contributed by atoms with Crippen molar-refractivity contribution in [2.45, 2.75) is 32.5 Å². The van der Waals surface area contributed by atoms with Gasteiger partial charge in [-0.25, -0.2) is 8.78 Å². The summed E-state index contributed by atoms with van der Waals surface area (Å²) in [7, 11) is 1.93. The summed E-state index contributed by atoms with van der Waals surface area (Å²) in [5, 5.41) is 5.55. The molecule has 1 atom stereocenters. The lowest BCUT2D eigenvalue weighted by Crippen LogP contribution is -2.34. The average Bonchev–Trinajstić information content (AvgIpc) is 3.19. The predicted molar refractivity (Wildman–Crippen MR) is 114 cm³/mol. The Balaban J connectivity index is 2.00. The fourth-order valence-corrected chi connectivity index (χ4v) is 3.27. The van der Waals surface area contributed by atoms with E-state index in [0.717, 1.165) is 43.0 Å². The number of alkyl halides is 3. The number of hydrogen-bond donors (Lipinski definition) is 1. The van der Waals surface area contributed by atoms with Crippen LogP contribution in [0.1, 0.15) is 20.3 Å². The maximum absolute atomic E-state index is 15.0. The zero-order valence-electron chi connectivity index (χ0n) is 18.0. The van der Waals surface area contributed by atoms with E-state index in [1.54, 1.807) is 0 Å². The zero-order chi connectivity index (χ0) is 24.3. The van der Waals surface area contributed by atoms with E-state index in [0.29, 0.717) is 6.42 Å². The van der Waals surface area contributed by atoms with Crippen LogP contribution in [0.4, 0.5) is 27.8 Å². The van der Waals surface area contributed by atoms with Crippen LogP contribution in [0.3, 0.4) is 0 Å². The highest BCUT2D eigenvalue weighted by Crippen LogP contribution is 2.39. The Kier molecular flexibility index (Phi) is 7.58. The van der Waals surface area contributed by atoms with E-state index in [-0.39, 0.29) is 18.1 Å². The van der Waals surface area contributed by atoms with Crippen LogP contribution in [0.25, 0.3) is 16.9 Å². The minimum absolute atomic E-state index is 0.0583. The van der Waals surface area contributed by atoms with E-state index in [1.807, 2.05) is 14.0 Å². The number of hydrogen-bond acceptors (Lipinski definition) is 6. The largest absolute Gasteiger partial charge is 0.493 e. The van der Waals surface area contributed by atoms with Crippen LogP contribution in [0.2, 0.25) is 5.15 Å². The second kappa shape index (κ2) is 10.0. The third-order valence-corrected chi connectivity index (χ3v) is 5.26. The number of fused-ring (bicyclic) bond motifs is 1. The van der Waals surface area contributed by atoms with Gasteiger partial charge < -0.3 is 15.0 Å². The second-order valence-electron chi connectivity index (χ2n) is 7.37. The molecule has 7 nitrogen and oxygen atoms in total. The van der Waals surface area contributed by atoms with Crippen LogP contribution in [0, 0.1) is 11.6 Å². The molecule has 0 unspecified atom stereocenters. The number of anilines is 1. The summed E-state index contributed by atoms with van der Waals surface area (Å²) < 4.78 is 76.0. The number of benzene rings is 1. The van der Waals surface area contributed by atoms with Crippen molar-refractivity contribution >= 4 is 23.2 Å². The molecule has 3 aromatic rings. The number of ether oxygens (including phenoxy) is 1. The summed E-state index contributed by atoms with van der Waals surface area (Å²) in [5.41, 5.74) is -1.09. The van der Waals surface area contributed by atoms with Crippen LogP contribution in [-0.2, 0) is 0 Å². The summed E-state index contributed by atoms with van der Waals surface area (Å²) in [4.78, 5) is 9.74. The Hall–Kier alpha value is -2.73. The predicted octanol–water partition coefficient (Wildman–Crippen LogP) is 4.81. The van der Waals surface area contributed by atoms with E-state index in [9.17, 15) is 13.2 Å². The van der Waals surface area contributed by atoms with Gasteiger partial charge in [0.2, 0.25) is 0 Å². The molecule has 0 saturated carbocycles. The van der Waals surface area contributed by atoms with E-state index in [4.69, 9.17) is 16.3 Å². The van der Waals surface area contributed by atoms with Crippen molar-refractivity contribution in [3.8, 4) is 16.9 Å². The monoisotopic (exact) mass is 492 g/mol. The second-order valence-corrected chi connectivity index (χ2v) is 7.72. The molecule has 1 N–H and O–H groups in total. The lowest BCUT2D eigenvalue weighted by Gasteiger charge is -2.22. The molecule has 0 fully saturated rings. The number of nitrogens with zero attached hydrogens (tertiary/aromatic N) is 5. The number of rotatable bonds is 9. The summed E-state index contributed by atoms with van der Waals surface area (Å²) in [6.07, 6.45) is -2.98. The summed E-state index contributed by atoms with van der Waals surface area (Å²) in [6.45, 7) is 4.67. The fourth-order valence-electron chi connectivity index (χ4n) is 3.01. The topological polar surface area (TPSA) is 67.6 Å². The van der Waals surface area contributed by atoms with E-state index in [2.05, 4.69) is 25.3 Å². The molecule has 0 spiro atoms. The van der Waals surface area contributed by atoms with Crippen molar-refractivity contribution in [2.24, 2.45) is 0 Å². The molecule has 13 heteroatoms. The van der Waals surface area contributed by atoms with Crippen molar-refractivity contribution in [1.82, 2.24) is 24.5 Å². The van der Waals surface area contributed by atoms with Gasteiger partial charge in [0.1, 0.15) is 40.7 Å². The average molecular weight is 493 g/mol. The van der Waals surface area contributed by atoms with Gasteiger partial charge in [0.25, 0.3) is 5.78 Å². The summed E-state index contributed by atoms with van der Waals surface area (Å²) >= 11 is 6.14. The van der Waals surface area contributed by atoms with Crippen LogP contribution < -0.4 is 10.1 Å². The Labute approximate surface area is 191 Å².